The summed E-state index contributed by atoms with van der Waals surface area (Å²) in [6, 6.07) is 13.2. The van der Waals surface area contributed by atoms with Gasteiger partial charge < -0.3 is 9.26 Å². The molecule has 28 heavy (non-hydrogen) atoms. The summed E-state index contributed by atoms with van der Waals surface area (Å²) in [6.07, 6.45) is -2.44. The standard InChI is InChI=1S/C18H15F3N4O2S/c19-18(20,21)17-23-16(24-27-17)12-6-7-15(22-10-12)26-13-8-9-25(11-13)28-14-4-2-1-3-5-14/h1-7,10,13H,8-9,11H2. The molecule has 1 aliphatic heterocycles. The number of rotatable bonds is 5. The van der Waals surface area contributed by atoms with Crippen molar-refractivity contribution in [3.63, 3.8) is 0 Å². The van der Waals surface area contributed by atoms with Gasteiger partial charge in [-0.25, -0.2) is 9.29 Å². The van der Waals surface area contributed by atoms with Crippen LogP contribution in [0.25, 0.3) is 11.4 Å². The third-order valence-corrected chi connectivity index (χ3v) is 5.11. The van der Waals surface area contributed by atoms with Crippen LogP contribution >= 0.6 is 11.9 Å². The highest BCUT2D eigenvalue weighted by atomic mass is 32.2. The number of pyridine rings is 1. The number of nitrogens with zero attached hydrogens (tertiary/aromatic N) is 4. The third kappa shape index (κ3) is 4.45. The Morgan fingerprint density at radius 3 is 2.64 bits per heavy atom. The quantitative estimate of drug-likeness (QED) is 0.583. The van der Waals surface area contributed by atoms with Gasteiger partial charge in [-0.1, -0.05) is 23.4 Å². The van der Waals surface area contributed by atoms with Gasteiger partial charge in [0.2, 0.25) is 11.7 Å². The molecule has 2 aromatic heterocycles. The van der Waals surface area contributed by atoms with E-state index < -0.39 is 12.1 Å². The second-order valence-electron chi connectivity index (χ2n) is 6.13. The molecule has 1 fully saturated rings. The Bertz CT molecular complexity index is 919. The molecular weight excluding hydrogens is 393 g/mol. The number of halogens is 3. The molecule has 0 spiro atoms. The highest BCUT2D eigenvalue weighted by Crippen LogP contribution is 2.30. The average molecular weight is 408 g/mol. The number of ether oxygens (including phenoxy) is 1. The maximum Gasteiger partial charge on any atom is 0.471 e. The Morgan fingerprint density at radius 1 is 1.14 bits per heavy atom. The van der Waals surface area contributed by atoms with Gasteiger partial charge >= 0.3 is 12.1 Å². The Kier molecular flexibility index (Phi) is 5.23. The maximum absolute atomic E-state index is 12.5. The summed E-state index contributed by atoms with van der Waals surface area (Å²) in [7, 11) is 0. The van der Waals surface area contributed by atoms with E-state index in [9.17, 15) is 13.2 Å². The fourth-order valence-electron chi connectivity index (χ4n) is 2.72. The van der Waals surface area contributed by atoms with E-state index in [0.717, 1.165) is 19.5 Å². The van der Waals surface area contributed by atoms with Crippen LogP contribution in [-0.4, -0.2) is 38.6 Å². The van der Waals surface area contributed by atoms with E-state index in [1.54, 1.807) is 24.1 Å². The van der Waals surface area contributed by atoms with Crippen molar-refractivity contribution in [2.45, 2.75) is 23.6 Å². The van der Waals surface area contributed by atoms with E-state index in [1.165, 1.54) is 11.1 Å². The molecule has 0 amide bonds. The highest BCUT2D eigenvalue weighted by molar-refractivity contribution is 7.97. The molecule has 4 rings (SSSR count). The zero-order valence-corrected chi connectivity index (χ0v) is 15.3. The molecule has 0 saturated carbocycles. The second-order valence-corrected chi connectivity index (χ2v) is 7.30. The van der Waals surface area contributed by atoms with Gasteiger partial charge in [0, 0.05) is 35.8 Å². The van der Waals surface area contributed by atoms with E-state index in [4.69, 9.17) is 4.74 Å². The molecule has 0 bridgehead atoms. The first kappa shape index (κ1) is 18.8. The third-order valence-electron chi connectivity index (χ3n) is 4.04. The summed E-state index contributed by atoms with van der Waals surface area (Å²) in [4.78, 5) is 8.66. The van der Waals surface area contributed by atoms with E-state index in [-0.39, 0.29) is 11.9 Å². The lowest BCUT2D eigenvalue weighted by Gasteiger charge is -2.15. The summed E-state index contributed by atoms with van der Waals surface area (Å²) < 4.78 is 50.0. The maximum atomic E-state index is 12.5. The minimum Gasteiger partial charge on any atom is -0.473 e. The van der Waals surface area contributed by atoms with Crippen molar-refractivity contribution in [2.75, 3.05) is 13.1 Å². The van der Waals surface area contributed by atoms with Crippen molar-refractivity contribution in [2.24, 2.45) is 0 Å². The van der Waals surface area contributed by atoms with Crippen LogP contribution in [0.15, 0.2) is 58.1 Å². The van der Waals surface area contributed by atoms with Crippen LogP contribution in [-0.2, 0) is 6.18 Å². The molecule has 6 nitrogen and oxygen atoms in total. The number of hydrogen-bond acceptors (Lipinski definition) is 7. The average Bonchev–Trinajstić information content (AvgIpc) is 3.33. The summed E-state index contributed by atoms with van der Waals surface area (Å²) in [6.45, 7) is 1.65. The van der Waals surface area contributed by atoms with Gasteiger partial charge in [-0.05, 0) is 36.6 Å². The largest absolute Gasteiger partial charge is 0.473 e. The molecular formula is C18H15F3N4O2S. The SMILES string of the molecule is FC(F)(F)c1nc(-c2ccc(OC3CCN(Sc4ccccc4)C3)nc2)no1. The molecule has 0 aliphatic carbocycles. The Hall–Kier alpha value is -2.59. The predicted octanol–water partition coefficient (Wildman–Crippen LogP) is 4.31. The van der Waals surface area contributed by atoms with E-state index in [0.29, 0.717) is 11.4 Å². The van der Waals surface area contributed by atoms with Gasteiger partial charge in [0.15, 0.2) is 0 Å². The zero-order valence-electron chi connectivity index (χ0n) is 14.5. The van der Waals surface area contributed by atoms with Crippen LogP contribution in [0.2, 0.25) is 0 Å². The minimum atomic E-state index is -4.67. The molecule has 1 saturated heterocycles. The van der Waals surface area contributed by atoms with E-state index >= 15 is 0 Å². The van der Waals surface area contributed by atoms with Crippen molar-refractivity contribution >= 4 is 11.9 Å². The van der Waals surface area contributed by atoms with Gasteiger partial charge in [0.05, 0.1) is 0 Å². The smallest absolute Gasteiger partial charge is 0.471 e. The number of alkyl halides is 3. The number of benzene rings is 1. The minimum absolute atomic E-state index is 0.00318. The van der Waals surface area contributed by atoms with Crippen molar-refractivity contribution in [3.8, 4) is 17.3 Å². The highest BCUT2D eigenvalue weighted by Gasteiger charge is 2.38. The first-order valence-electron chi connectivity index (χ1n) is 8.49. The molecule has 0 N–H and O–H groups in total. The summed E-state index contributed by atoms with van der Waals surface area (Å²) >= 11 is 1.68. The number of aromatic nitrogens is 3. The van der Waals surface area contributed by atoms with Crippen LogP contribution in [0.1, 0.15) is 12.3 Å². The first-order chi connectivity index (χ1) is 13.5. The van der Waals surface area contributed by atoms with Crippen molar-refractivity contribution in [3.05, 3.63) is 54.6 Å². The summed E-state index contributed by atoms with van der Waals surface area (Å²) in [5.41, 5.74) is 0.319. The first-order valence-corrected chi connectivity index (χ1v) is 9.27. The Labute approximate surface area is 162 Å². The van der Waals surface area contributed by atoms with Gasteiger partial charge in [0.25, 0.3) is 0 Å². The lowest BCUT2D eigenvalue weighted by molar-refractivity contribution is -0.159. The number of hydrogen-bond donors (Lipinski definition) is 0. The fraction of sp³-hybridized carbons (Fsp3) is 0.278. The van der Waals surface area contributed by atoms with Crippen molar-refractivity contribution in [1.82, 2.24) is 19.4 Å². The molecule has 1 atom stereocenters. The molecule has 0 radical (unpaired) electrons. The summed E-state index contributed by atoms with van der Waals surface area (Å²) in [5.74, 6) is -1.15. The van der Waals surface area contributed by atoms with Gasteiger partial charge in [-0.15, -0.1) is 0 Å². The zero-order chi connectivity index (χ0) is 19.6. The Balaban J connectivity index is 1.34. The van der Waals surface area contributed by atoms with Gasteiger partial charge in [-0.3, -0.25) is 0 Å². The van der Waals surface area contributed by atoms with Crippen LogP contribution in [0.4, 0.5) is 13.2 Å². The molecule has 1 unspecified atom stereocenters. The molecule has 10 heteroatoms. The van der Waals surface area contributed by atoms with E-state index in [2.05, 4.69) is 36.1 Å². The molecule has 3 heterocycles. The second kappa shape index (κ2) is 7.80. The fourth-order valence-corrected chi connectivity index (χ4v) is 3.73. The van der Waals surface area contributed by atoms with Crippen LogP contribution in [0.5, 0.6) is 5.88 Å². The van der Waals surface area contributed by atoms with Crippen LogP contribution in [0, 0.1) is 0 Å². The Morgan fingerprint density at radius 2 is 1.96 bits per heavy atom. The molecule has 146 valence electrons. The predicted molar refractivity (Wildman–Crippen MR) is 95.4 cm³/mol. The summed E-state index contributed by atoms with van der Waals surface area (Å²) in [5, 5.41) is 3.34. The van der Waals surface area contributed by atoms with Crippen LogP contribution in [0.3, 0.4) is 0 Å². The molecule has 1 aromatic carbocycles. The lowest BCUT2D eigenvalue weighted by atomic mass is 10.2. The lowest BCUT2D eigenvalue weighted by Crippen LogP contribution is -2.20. The van der Waals surface area contributed by atoms with Crippen molar-refractivity contribution < 1.29 is 22.4 Å². The van der Waals surface area contributed by atoms with E-state index in [1.807, 2.05) is 18.2 Å². The normalized spacial score (nSPS) is 17.8. The molecule has 3 aromatic rings. The van der Waals surface area contributed by atoms with Gasteiger partial charge in [-0.2, -0.15) is 18.2 Å². The van der Waals surface area contributed by atoms with Crippen LogP contribution < -0.4 is 4.74 Å². The molecule has 1 aliphatic rings. The van der Waals surface area contributed by atoms with Crippen molar-refractivity contribution in [1.29, 1.82) is 0 Å². The van der Waals surface area contributed by atoms with Gasteiger partial charge in [0.1, 0.15) is 6.10 Å². The topological polar surface area (TPSA) is 64.3 Å². The monoisotopic (exact) mass is 408 g/mol.